The Balaban J connectivity index is 2.46. The summed E-state index contributed by atoms with van der Waals surface area (Å²) in [5, 5.41) is 7.26. The van der Waals surface area contributed by atoms with E-state index in [0.29, 0.717) is 16.6 Å². The highest BCUT2D eigenvalue weighted by Gasteiger charge is 2.21. The summed E-state index contributed by atoms with van der Waals surface area (Å²) in [5.41, 5.74) is 7.22. The van der Waals surface area contributed by atoms with E-state index in [9.17, 15) is 4.79 Å². The molecule has 0 aromatic carbocycles. The van der Waals surface area contributed by atoms with Crippen molar-refractivity contribution in [3.63, 3.8) is 0 Å². The number of hydrogen-bond acceptors (Lipinski definition) is 4. The monoisotopic (exact) mass is 196 g/mol. The number of H-pyrrole nitrogens is 1. The van der Waals surface area contributed by atoms with E-state index in [0.717, 1.165) is 11.3 Å². The van der Waals surface area contributed by atoms with Crippen LogP contribution < -0.4 is 5.73 Å². The Morgan fingerprint density at radius 1 is 1.62 bits per heavy atom. The maximum Gasteiger partial charge on any atom is 0.257 e. The Morgan fingerprint density at radius 2 is 2.38 bits per heavy atom. The number of aromatic nitrogens is 2. The number of carbonyl (C=O) groups excluding carboxylic acids is 1. The molecule has 2 heterocycles. The van der Waals surface area contributed by atoms with E-state index in [4.69, 9.17) is 5.73 Å². The van der Waals surface area contributed by atoms with Gasteiger partial charge in [-0.2, -0.15) is 5.10 Å². The van der Waals surface area contributed by atoms with Crippen LogP contribution in [0.15, 0.2) is 4.99 Å². The van der Waals surface area contributed by atoms with Crippen LogP contribution in [0.1, 0.15) is 11.3 Å². The predicted octanol–water partition coefficient (Wildman–Crippen LogP) is 0.320. The van der Waals surface area contributed by atoms with Crippen molar-refractivity contribution in [1.82, 2.24) is 10.2 Å². The molecule has 0 saturated heterocycles. The van der Waals surface area contributed by atoms with Gasteiger partial charge in [0.2, 0.25) is 0 Å². The maximum absolute atomic E-state index is 10.9. The van der Waals surface area contributed by atoms with E-state index >= 15 is 0 Å². The van der Waals surface area contributed by atoms with Gasteiger partial charge in [-0.3, -0.25) is 9.89 Å². The first-order chi connectivity index (χ1) is 6.18. The van der Waals surface area contributed by atoms with E-state index < -0.39 is 0 Å². The first kappa shape index (κ1) is 8.31. The third kappa shape index (κ3) is 1.33. The number of anilines is 1. The Bertz CT molecular complexity index is 376. The molecule has 2 rings (SSSR count). The van der Waals surface area contributed by atoms with Crippen LogP contribution in [0, 0.1) is 6.92 Å². The lowest BCUT2D eigenvalue weighted by Crippen LogP contribution is -1.98. The zero-order valence-corrected chi connectivity index (χ0v) is 7.81. The number of nitrogens with one attached hydrogen (secondary N) is 1. The zero-order valence-electron chi connectivity index (χ0n) is 7.00. The van der Waals surface area contributed by atoms with Crippen LogP contribution in [0.2, 0.25) is 0 Å². The number of nitrogen functional groups attached to an aromatic ring is 1. The number of amides is 1. The minimum atomic E-state index is -0.111. The summed E-state index contributed by atoms with van der Waals surface area (Å²) in [6.07, 6.45) is 0. The van der Waals surface area contributed by atoms with Crippen molar-refractivity contribution in [2.75, 3.05) is 11.5 Å². The molecule has 5 nitrogen and oxygen atoms in total. The summed E-state index contributed by atoms with van der Waals surface area (Å²) in [6, 6.07) is 0. The molecule has 0 aliphatic carbocycles. The number of thioether (sulfide) groups is 1. The topological polar surface area (TPSA) is 84.1 Å². The maximum atomic E-state index is 10.9. The summed E-state index contributed by atoms with van der Waals surface area (Å²) in [6.45, 7) is 1.85. The van der Waals surface area contributed by atoms with Gasteiger partial charge in [0.25, 0.3) is 5.91 Å². The van der Waals surface area contributed by atoms with Crippen LogP contribution in [-0.2, 0) is 4.79 Å². The van der Waals surface area contributed by atoms with Crippen LogP contribution in [0.25, 0.3) is 0 Å². The quantitative estimate of drug-likeness (QED) is 0.677. The van der Waals surface area contributed by atoms with Gasteiger partial charge >= 0.3 is 0 Å². The Labute approximate surface area is 78.8 Å². The zero-order chi connectivity index (χ0) is 9.42. The van der Waals surface area contributed by atoms with E-state index in [-0.39, 0.29) is 5.91 Å². The smallest absolute Gasteiger partial charge is 0.257 e. The molecule has 3 N–H and O–H groups in total. The van der Waals surface area contributed by atoms with Crippen LogP contribution in [0.3, 0.4) is 0 Å². The van der Waals surface area contributed by atoms with E-state index in [2.05, 4.69) is 15.2 Å². The van der Waals surface area contributed by atoms with Gasteiger partial charge < -0.3 is 5.73 Å². The number of aromatic amines is 1. The molecule has 1 aromatic rings. The van der Waals surface area contributed by atoms with E-state index in [1.54, 1.807) is 0 Å². The predicted molar refractivity (Wildman–Crippen MR) is 51.7 cm³/mol. The first-order valence-corrected chi connectivity index (χ1v) is 4.72. The van der Waals surface area contributed by atoms with Crippen molar-refractivity contribution in [1.29, 1.82) is 0 Å². The lowest BCUT2D eigenvalue weighted by atomic mass is 10.2. The molecule has 6 heteroatoms. The molecule has 1 aromatic heterocycles. The van der Waals surface area contributed by atoms with Crippen molar-refractivity contribution < 1.29 is 4.79 Å². The van der Waals surface area contributed by atoms with E-state index in [1.165, 1.54) is 11.8 Å². The molecular weight excluding hydrogens is 188 g/mol. The van der Waals surface area contributed by atoms with Crippen molar-refractivity contribution in [3.8, 4) is 0 Å². The molecule has 0 bridgehead atoms. The van der Waals surface area contributed by atoms with E-state index in [1.807, 2.05) is 6.92 Å². The standard InChI is InChI=1S/C7H8N4OS/c1-3-5(6(8)11-10-3)7-9-4(12)2-13-7/h2H2,1H3,(H3,8,10,11). The van der Waals surface area contributed by atoms with Gasteiger partial charge in [0, 0.05) is 5.69 Å². The number of rotatable bonds is 1. The van der Waals surface area contributed by atoms with Gasteiger partial charge in [0.05, 0.1) is 11.3 Å². The fraction of sp³-hybridized carbons (Fsp3) is 0.286. The van der Waals surface area contributed by atoms with Gasteiger partial charge in [-0.05, 0) is 6.92 Å². The summed E-state index contributed by atoms with van der Waals surface area (Å²) >= 11 is 1.40. The number of aliphatic imine (C=N–C) groups is 1. The minimum absolute atomic E-state index is 0.111. The van der Waals surface area contributed by atoms with Crippen molar-refractivity contribution in [2.45, 2.75) is 6.92 Å². The Morgan fingerprint density at radius 3 is 2.85 bits per heavy atom. The normalized spacial score (nSPS) is 16.4. The minimum Gasteiger partial charge on any atom is -0.382 e. The average Bonchev–Trinajstić information content (AvgIpc) is 2.60. The van der Waals surface area contributed by atoms with Crippen molar-refractivity contribution in [3.05, 3.63) is 11.3 Å². The number of nitrogens with zero attached hydrogens (tertiary/aromatic N) is 2. The third-order valence-corrected chi connectivity index (χ3v) is 2.71. The third-order valence-electron chi connectivity index (χ3n) is 1.75. The number of aryl methyl sites for hydroxylation is 1. The Hall–Kier alpha value is -1.30. The second-order valence-corrected chi connectivity index (χ2v) is 3.67. The molecule has 68 valence electrons. The molecular formula is C7H8N4OS. The van der Waals surface area contributed by atoms with Gasteiger partial charge in [0.15, 0.2) is 5.82 Å². The molecule has 0 fully saturated rings. The SMILES string of the molecule is Cc1[nH]nc(N)c1C1=NC(=O)CS1. The number of carbonyl (C=O) groups is 1. The van der Waals surface area contributed by atoms with Crippen LogP contribution in [-0.4, -0.2) is 26.9 Å². The van der Waals surface area contributed by atoms with Crippen molar-refractivity contribution >= 4 is 28.5 Å². The molecule has 13 heavy (non-hydrogen) atoms. The highest BCUT2D eigenvalue weighted by Crippen LogP contribution is 2.24. The summed E-state index contributed by atoms with van der Waals surface area (Å²) in [7, 11) is 0. The van der Waals surface area contributed by atoms with Gasteiger partial charge in [-0.25, -0.2) is 4.99 Å². The number of nitrogens with two attached hydrogens (primary N) is 1. The second kappa shape index (κ2) is 2.88. The van der Waals surface area contributed by atoms with Crippen LogP contribution in [0.4, 0.5) is 5.82 Å². The summed E-state index contributed by atoms with van der Waals surface area (Å²) < 4.78 is 0. The lowest BCUT2D eigenvalue weighted by Gasteiger charge is -1.96. The molecule has 0 unspecified atom stereocenters. The van der Waals surface area contributed by atoms with Gasteiger partial charge in [-0.15, -0.1) is 0 Å². The molecule has 0 atom stereocenters. The van der Waals surface area contributed by atoms with Gasteiger partial charge in [-0.1, -0.05) is 11.8 Å². The lowest BCUT2D eigenvalue weighted by molar-refractivity contribution is -0.115. The molecule has 1 aliphatic heterocycles. The van der Waals surface area contributed by atoms with Gasteiger partial charge in [0.1, 0.15) is 5.04 Å². The first-order valence-electron chi connectivity index (χ1n) is 3.73. The van der Waals surface area contributed by atoms with Crippen LogP contribution in [0.5, 0.6) is 0 Å². The highest BCUT2D eigenvalue weighted by molar-refractivity contribution is 8.15. The van der Waals surface area contributed by atoms with Crippen LogP contribution >= 0.6 is 11.8 Å². The number of hydrogen-bond donors (Lipinski definition) is 2. The highest BCUT2D eigenvalue weighted by atomic mass is 32.2. The fourth-order valence-corrected chi connectivity index (χ4v) is 2.05. The molecule has 1 aliphatic rings. The molecule has 0 saturated carbocycles. The molecule has 1 amide bonds. The molecule has 0 radical (unpaired) electrons. The fourth-order valence-electron chi connectivity index (χ4n) is 1.15. The summed E-state index contributed by atoms with van der Waals surface area (Å²) in [4.78, 5) is 14.7. The average molecular weight is 196 g/mol. The largest absolute Gasteiger partial charge is 0.382 e. The van der Waals surface area contributed by atoms with Crippen molar-refractivity contribution in [2.24, 2.45) is 4.99 Å². The molecule has 0 spiro atoms. The second-order valence-electron chi connectivity index (χ2n) is 2.71. The Kier molecular flexibility index (Phi) is 1.84. The summed E-state index contributed by atoms with van der Waals surface area (Å²) in [5.74, 6) is 0.692.